The maximum atomic E-state index is 11.5. The molecule has 0 spiro atoms. The van der Waals surface area contributed by atoms with Gasteiger partial charge in [0.2, 0.25) is 0 Å². The van der Waals surface area contributed by atoms with Gasteiger partial charge < -0.3 is 10.0 Å². The first kappa shape index (κ1) is 14.8. The minimum Gasteiger partial charge on any atom is -0.481 e. The average Bonchev–Trinajstić information content (AvgIpc) is 2.42. The van der Waals surface area contributed by atoms with E-state index in [0.717, 1.165) is 44.2 Å². The summed E-state index contributed by atoms with van der Waals surface area (Å²) < 4.78 is 0. The highest BCUT2D eigenvalue weighted by Gasteiger charge is 2.42. The molecule has 1 saturated heterocycles. The number of hydrogen-bond acceptors (Lipinski definition) is 2. The molecule has 1 saturated carbocycles. The quantitative estimate of drug-likeness (QED) is 0.852. The number of aliphatic carboxylic acids is 1. The number of piperidine rings is 1. The Balaban J connectivity index is 1.97. The topological polar surface area (TPSA) is 40.5 Å². The van der Waals surface area contributed by atoms with Crippen LogP contribution in [0, 0.1) is 17.3 Å². The molecule has 1 aliphatic carbocycles. The largest absolute Gasteiger partial charge is 0.481 e. The van der Waals surface area contributed by atoms with E-state index >= 15 is 0 Å². The molecule has 2 rings (SSSR count). The van der Waals surface area contributed by atoms with Crippen molar-refractivity contribution < 1.29 is 9.90 Å². The molecule has 3 heteroatoms. The van der Waals surface area contributed by atoms with Crippen LogP contribution in [0.5, 0.6) is 0 Å². The lowest BCUT2D eigenvalue weighted by Crippen LogP contribution is -2.51. The van der Waals surface area contributed by atoms with Gasteiger partial charge in [0.05, 0.1) is 5.41 Å². The summed E-state index contributed by atoms with van der Waals surface area (Å²) in [6.07, 6.45) is 6.43. The Morgan fingerprint density at radius 1 is 1.26 bits per heavy atom. The van der Waals surface area contributed by atoms with Crippen LogP contribution >= 0.6 is 0 Å². The third-order valence-corrected chi connectivity index (χ3v) is 6.02. The summed E-state index contributed by atoms with van der Waals surface area (Å²) in [5.41, 5.74) is -0.444. The van der Waals surface area contributed by atoms with Gasteiger partial charge in [-0.25, -0.2) is 0 Å². The third kappa shape index (κ3) is 2.81. The van der Waals surface area contributed by atoms with Crippen LogP contribution in [-0.4, -0.2) is 35.1 Å². The summed E-state index contributed by atoms with van der Waals surface area (Å²) in [7, 11) is 0. The Hall–Kier alpha value is -0.570. The number of carboxylic acids is 1. The lowest BCUT2D eigenvalue weighted by Gasteiger charge is -2.46. The van der Waals surface area contributed by atoms with Crippen LogP contribution < -0.4 is 0 Å². The molecule has 2 aliphatic rings. The summed E-state index contributed by atoms with van der Waals surface area (Å²) in [6.45, 7) is 8.72. The van der Waals surface area contributed by atoms with E-state index in [2.05, 4.69) is 18.7 Å². The van der Waals surface area contributed by atoms with Crippen molar-refractivity contribution in [3.63, 3.8) is 0 Å². The smallest absolute Gasteiger partial charge is 0.309 e. The number of rotatable bonds is 3. The van der Waals surface area contributed by atoms with Gasteiger partial charge in [0.15, 0.2) is 0 Å². The molecule has 1 aliphatic heterocycles. The highest BCUT2D eigenvalue weighted by atomic mass is 16.4. The van der Waals surface area contributed by atoms with E-state index in [1.54, 1.807) is 0 Å². The molecular formula is C16H29NO2. The van der Waals surface area contributed by atoms with Gasteiger partial charge in [-0.05, 0) is 50.6 Å². The van der Waals surface area contributed by atoms with E-state index in [4.69, 9.17) is 0 Å². The molecule has 110 valence electrons. The maximum Gasteiger partial charge on any atom is 0.309 e. The second-order valence-electron chi connectivity index (χ2n) is 6.81. The summed E-state index contributed by atoms with van der Waals surface area (Å²) in [4.78, 5) is 14.1. The number of likely N-dealkylation sites (tertiary alicyclic amines) is 1. The van der Waals surface area contributed by atoms with Crippen molar-refractivity contribution in [2.75, 3.05) is 13.1 Å². The van der Waals surface area contributed by atoms with Crippen molar-refractivity contribution in [2.45, 2.75) is 65.3 Å². The Morgan fingerprint density at radius 2 is 1.89 bits per heavy atom. The zero-order valence-corrected chi connectivity index (χ0v) is 12.7. The van der Waals surface area contributed by atoms with Crippen LogP contribution in [0.4, 0.5) is 0 Å². The van der Waals surface area contributed by atoms with Gasteiger partial charge in [0, 0.05) is 6.04 Å². The molecule has 3 unspecified atom stereocenters. The minimum absolute atomic E-state index is 0.444. The van der Waals surface area contributed by atoms with Gasteiger partial charge in [0.1, 0.15) is 0 Å². The number of nitrogens with zero attached hydrogens (tertiary/aromatic N) is 1. The van der Waals surface area contributed by atoms with Crippen LogP contribution in [0.25, 0.3) is 0 Å². The molecule has 3 nitrogen and oxygen atoms in total. The van der Waals surface area contributed by atoms with E-state index in [-0.39, 0.29) is 0 Å². The monoisotopic (exact) mass is 267 g/mol. The second-order valence-corrected chi connectivity index (χ2v) is 6.81. The van der Waals surface area contributed by atoms with Crippen molar-refractivity contribution in [1.29, 1.82) is 0 Å². The van der Waals surface area contributed by atoms with E-state index in [0.29, 0.717) is 6.04 Å². The number of hydrogen-bond donors (Lipinski definition) is 1. The molecule has 0 aromatic heterocycles. The highest BCUT2D eigenvalue weighted by Crippen LogP contribution is 2.39. The van der Waals surface area contributed by atoms with Gasteiger partial charge in [-0.2, -0.15) is 0 Å². The van der Waals surface area contributed by atoms with Crippen LogP contribution in [0.3, 0.4) is 0 Å². The van der Waals surface area contributed by atoms with Gasteiger partial charge in [0.25, 0.3) is 0 Å². The molecule has 0 aromatic carbocycles. The third-order valence-electron chi connectivity index (χ3n) is 6.02. The molecule has 0 bridgehead atoms. The number of carboxylic acid groups (broad SMARTS) is 1. The lowest BCUT2D eigenvalue weighted by atomic mass is 9.73. The SMILES string of the molecule is CCC1(C(=O)O)CCN(C2CCCC(C)C2C)CC1. The molecule has 0 radical (unpaired) electrons. The van der Waals surface area contributed by atoms with E-state index in [9.17, 15) is 9.90 Å². The molecule has 3 atom stereocenters. The highest BCUT2D eigenvalue weighted by molar-refractivity contribution is 5.74. The van der Waals surface area contributed by atoms with Gasteiger partial charge in [-0.15, -0.1) is 0 Å². The van der Waals surface area contributed by atoms with E-state index in [1.807, 2.05) is 6.92 Å². The zero-order chi connectivity index (χ0) is 14.0. The van der Waals surface area contributed by atoms with Crippen molar-refractivity contribution in [2.24, 2.45) is 17.3 Å². The first-order valence-corrected chi connectivity index (χ1v) is 7.97. The fraction of sp³-hybridized carbons (Fsp3) is 0.938. The van der Waals surface area contributed by atoms with Crippen molar-refractivity contribution in [1.82, 2.24) is 4.90 Å². The van der Waals surface area contributed by atoms with Crippen LogP contribution in [0.15, 0.2) is 0 Å². The normalized spacial score (nSPS) is 36.1. The molecule has 1 heterocycles. The summed E-state index contributed by atoms with van der Waals surface area (Å²) in [6, 6.07) is 0.687. The molecule has 19 heavy (non-hydrogen) atoms. The van der Waals surface area contributed by atoms with Crippen LogP contribution in [-0.2, 0) is 4.79 Å². The standard InChI is InChI=1S/C16H29NO2/c1-4-16(15(18)19)8-10-17(11-9-16)14-7-5-6-12(2)13(14)3/h12-14H,4-11H2,1-3H3,(H,18,19). The van der Waals surface area contributed by atoms with Crippen molar-refractivity contribution in [3.05, 3.63) is 0 Å². The summed E-state index contributed by atoms with van der Waals surface area (Å²) in [5.74, 6) is 0.989. The summed E-state index contributed by atoms with van der Waals surface area (Å²) in [5, 5.41) is 9.46. The minimum atomic E-state index is -0.584. The fourth-order valence-corrected chi connectivity index (χ4v) is 4.07. The molecule has 0 aromatic rings. The molecule has 2 fully saturated rings. The predicted molar refractivity (Wildman–Crippen MR) is 77.1 cm³/mol. The molecule has 0 amide bonds. The Morgan fingerprint density at radius 3 is 2.42 bits per heavy atom. The number of carbonyl (C=O) groups is 1. The van der Waals surface area contributed by atoms with Gasteiger partial charge in [-0.3, -0.25) is 4.79 Å². The van der Waals surface area contributed by atoms with E-state index < -0.39 is 11.4 Å². The first-order chi connectivity index (χ1) is 9.00. The predicted octanol–water partition coefficient (Wildman–Crippen LogP) is 3.39. The summed E-state index contributed by atoms with van der Waals surface area (Å²) >= 11 is 0. The molecular weight excluding hydrogens is 238 g/mol. The van der Waals surface area contributed by atoms with Crippen molar-refractivity contribution >= 4 is 5.97 Å². The van der Waals surface area contributed by atoms with Gasteiger partial charge in [-0.1, -0.05) is 33.6 Å². The second kappa shape index (κ2) is 5.82. The van der Waals surface area contributed by atoms with Gasteiger partial charge >= 0.3 is 5.97 Å². The van der Waals surface area contributed by atoms with Crippen molar-refractivity contribution in [3.8, 4) is 0 Å². The Bertz CT molecular complexity index is 321. The van der Waals surface area contributed by atoms with Crippen LogP contribution in [0.1, 0.15) is 59.3 Å². The Kier molecular flexibility index (Phi) is 4.54. The Labute approximate surface area is 117 Å². The van der Waals surface area contributed by atoms with Crippen LogP contribution in [0.2, 0.25) is 0 Å². The van der Waals surface area contributed by atoms with E-state index in [1.165, 1.54) is 19.3 Å². The lowest BCUT2D eigenvalue weighted by molar-refractivity contribution is -0.153. The zero-order valence-electron chi connectivity index (χ0n) is 12.7. The molecule has 1 N–H and O–H groups in total. The fourth-order valence-electron chi connectivity index (χ4n) is 4.07. The first-order valence-electron chi connectivity index (χ1n) is 7.97. The maximum absolute atomic E-state index is 11.5. The average molecular weight is 267 g/mol.